The van der Waals surface area contributed by atoms with Gasteiger partial charge >= 0.3 is 0 Å². The van der Waals surface area contributed by atoms with Crippen LogP contribution in [0.3, 0.4) is 0 Å². The molecule has 0 radical (unpaired) electrons. The van der Waals surface area contributed by atoms with Gasteiger partial charge in [0.15, 0.2) is 11.5 Å². The number of ether oxygens (including phenoxy) is 1. The van der Waals surface area contributed by atoms with E-state index >= 15 is 0 Å². The van der Waals surface area contributed by atoms with E-state index < -0.39 is 0 Å². The van der Waals surface area contributed by atoms with Gasteiger partial charge < -0.3 is 4.74 Å². The van der Waals surface area contributed by atoms with Crippen molar-refractivity contribution in [3.8, 4) is 5.75 Å². The minimum absolute atomic E-state index is 0.352. The van der Waals surface area contributed by atoms with E-state index in [4.69, 9.17) is 16.3 Å². The molecule has 0 aliphatic heterocycles. The molecule has 0 aliphatic carbocycles. The van der Waals surface area contributed by atoms with Crippen LogP contribution in [0.25, 0.3) is 5.65 Å². The molecule has 3 aromatic rings. The standard InChI is InChI=1S/C14H12ClN3O/c1-10-3-2-4-12(7-10)19-9-14-17-16-13-6-5-11(15)8-18(13)14/h2-8H,9H2,1H3. The smallest absolute Gasteiger partial charge is 0.175 e. The van der Waals surface area contributed by atoms with Crippen molar-refractivity contribution in [2.45, 2.75) is 13.5 Å². The van der Waals surface area contributed by atoms with Crippen LogP contribution in [0.5, 0.6) is 5.75 Å². The van der Waals surface area contributed by atoms with E-state index in [9.17, 15) is 0 Å². The first-order chi connectivity index (χ1) is 9.22. The van der Waals surface area contributed by atoms with Crippen LogP contribution in [0.15, 0.2) is 42.6 Å². The highest BCUT2D eigenvalue weighted by molar-refractivity contribution is 6.30. The third-order valence-electron chi connectivity index (χ3n) is 2.79. The molecule has 0 amide bonds. The first kappa shape index (κ1) is 12.0. The molecule has 0 atom stereocenters. The van der Waals surface area contributed by atoms with Crippen molar-refractivity contribution >= 4 is 17.2 Å². The summed E-state index contributed by atoms with van der Waals surface area (Å²) >= 11 is 5.97. The van der Waals surface area contributed by atoms with Gasteiger partial charge in [-0.05, 0) is 36.8 Å². The summed E-state index contributed by atoms with van der Waals surface area (Å²) in [6.07, 6.45) is 1.78. The molecule has 96 valence electrons. The van der Waals surface area contributed by atoms with E-state index in [-0.39, 0.29) is 0 Å². The molecule has 3 rings (SSSR count). The Hall–Kier alpha value is -2.07. The fourth-order valence-electron chi connectivity index (χ4n) is 1.86. The zero-order chi connectivity index (χ0) is 13.2. The summed E-state index contributed by atoms with van der Waals surface area (Å²) in [4.78, 5) is 0. The molecule has 4 nitrogen and oxygen atoms in total. The van der Waals surface area contributed by atoms with Crippen LogP contribution < -0.4 is 4.74 Å². The Morgan fingerprint density at radius 3 is 2.95 bits per heavy atom. The van der Waals surface area contributed by atoms with Gasteiger partial charge in [-0.2, -0.15) is 0 Å². The predicted molar refractivity (Wildman–Crippen MR) is 73.5 cm³/mol. The van der Waals surface area contributed by atoms with E-state index in [1.807, 2.05) is 41.7 Å². The lowest BCUT2D eigenvalue weighted by atomic mass is 10.2. The SMILES string of the molecule is Cc1cccc(OCc2nnc3ccc(Cl)cn23)c1. The minimum atomic E-state index is 0.352. The number of aryl methyl sites for hydroxylation is 1. The molecule has 0 spiro atoms. The van der Waals surface area contributed by atoms with E-state index in [0.717, 1.165) is 22.8 Å². The first-order valence-corrected chi connectivity index (χ1v) is 6.29. The molecule has 2 aromatic heterocycles. The molecule has 1 aromatic carbocycles. The number of aromatic nitrogens is 3. The normalized spacial score (nSPS) is 10.8. The van der Waals surface area contributed by atoms with Crippen LogP contribution in [-0.4, -0.2) is 14.6 Å². The predicted octanol–water partition coefficient (Wildman–Crippen LogP) is 3.27. The maximum Gasteiger partial charge on any atom is 0.175 e. The molecule has 5 heteroatoms. The van der Waals surface area contributed by atoms with Gasteiger partial charge in [-0.1, -0.05) is 23.7 Å². The van der Waals surface area contributed by atoms with Gasteiger partial charge in [0.2, 0.25) is 0 Å². The van der Waals surface area contributed by atoms with Crippen LogP contribution in [-0.2, 0) is 6.61 Å². The van der Waals surface area contributed by atoms with Crippen molar-refractivity contribution in [3.05, 3.63) is 59.0 Å². The molecular weight excluding hydrogens is 262 g/mol. The van der Waals surface area contributed by atoms with Crippen molar-refractivity contribution in [3.63, 3.8) is 0 Å². The van der Waals surface area contributed by atoms with Gasteiger partial charge in [0, 0.05) is 6.20 Å². The fourth-order valence-corrected chi connectivity index (χ4v) is 2.02. The van der Waals surface area contributed by atoms with Crippen molar-refractivity contribution in [2.24, 2.45) is 0 Å². The molecule has 0 N–H and O–H groups in total. The van der Waals surface area contributed by atoms with Gasteiger partial charge in [0.1, 0.15) is 12.4 Å². The highest BCUT2D eigenvalue weighted by Gasteiger charge is 2.06. The Morgan fingerprint density at radius 1 is 1.21 bits per heavy atom. The van der Waals surface area contributed by atoms with Crippen molar-refractivity contribution < 1.29 is 4.74 Å². The zero-order valence-corrected chi connectivity index (χ0v) is 11.1. The largest absolute Gasteiger partial charge is 0.486 e. The molecule has 19 heavy (non-hydrogen) atoms. The number of benzene rings is 1. The maximum absolute atomic E-state index is 5.97. The number of halogens is 1. The average Bonchev–Trinajstić information content (AvgIpc) is 2.79. The van der Waals surface area contributed by atoms with E-state index in [2.05, 4.69) is 10.2 Å². The van der Waals surface area contributed by atoms with E-state index in [1.165, 1.54) is 0 Å². The Balaban J connectivity index is 1.84. The molecular formula is C14H12ClN3O. The van der Waals surface area contributed by atoms with E-state index in [0.29, 0.717) is 11.6 Å². The second-order valence-corrected chi connectivity index (χ2v) is 4.73. The van der Waals surface area contributed by atoms with Gasteiger partial charge in [-0.15, -0.1) is 10.2 Å². The van der Waals surface area contributed by atoms with Gasteiger partial charge in [-0.3, -0.25) is 4.40 Å². The number of hydrogen-bond donors (Lipinski definition) is 0. The Kier molecular flexibility index (Phi) is 3.09. The molecule has 0 saturated heterocycles. The summed E-state index contributed by atoms with van der Waals surface area (Å²) < 4.78 is 7.54. The highest BCUT2D eigenvalue weighted by atomic mass is 35.5. The Labute approximate surface area is 115 Å². The summed E-state index contributed by atoms with van der Waals surface area (Å²) in [5.74, 6) is 1.54. The summed E-state index contributed by atoms with van der Waals surface area (Å²) in [6, 6.07) is 11.5. The fraction of sp³-hybridized carbons (Fsp3) is 0.143. The molecule has 2 heterocycles. The second kappa shape index (κ2) is 4.90. The summed E-state index contributed by atoms with van der Waals surface area (Å²) in [7, 11) is 0. The van der Waals surface area contributed by atoms with Gasteiger partial charge in [0.25, 0.3) is 0 Å². The quantitative estimate of drug-likeness (QED) is 0.735. The van der Waals surface area contributed by atoms with Crippen molar-refractivity contribution in [2.75, 3.05) is 0 Å². The highest BCUT2D eigenvalue weighted by Crippen LogP contribution is 2.15. The van der Waals surface area contributed by atoms with Gasteiger partial charge in [-0.25, -0.2) is 0 Å². The zero-order valence-electron chi connectivity index (χ0n) is 10.4. The van der Waals surface area contributed by atoms with Crippen molar-refractivity contribution in [1.82, 2.24) is 14.6 Å². The third kappa shape index (κ3) is 2.53. The molecule has 0 saturated carbocycles. The van der Waals surface area contributed by atoms with Crippen molar-refractivity contribution in [1.29, 1.82) is 0 Å². The number of rotatable bonds is 3. The van der Waals surface area contributed by atoms with Crippen LogP contribution in [0.2, 0.25) is 5.02 Å². The van der Waals surface area contributed by atoms with E-state index in [1.54, 1.807) is 12.3 Å². The molecule has 0 fully saturated rings. The molecule has 0 bridgehead atoms. The van der Waals surface area contributed by atoms with Gasteiger partial charge in [0.05, 0.1) is 5.02 Å². The first-order valence-electron chi connectivity index (χ1n) is 5.91. The average molecular weight is 274 g/mol. The number of hydrogen-bond acceptors (Lipinski definition) is 3. The lowest BCUT2D eigenvalue weighted by Gasteiger charge is -2.05. The third-order valence-corrected chi connectivity index (χ3v) is 3.02. The van der Waals surface area contributed by atoms with Crippen LogP contribution in [0.4, 0.5) is 0 Å². The van der Waals surface area contributed by atoms with Crippen LogP contribution in [0.1, 0.15) is 11.4 Å². The summed E-state index contributed by atoms with van der Waals surface area (Å²) in [6.45, 7) is 2.38. The van der Waals surface area contributed by atoms with Crippen LogP contribution >= 0.6 is 11.6 Å². The lowest BCUT2D eigenvalue weighted by molar-refractivity contribution is 0.294. The lowest BCUT2D eigenvalue weighted by Crippen LogP contribution is -2.01. The number of nitrogens with zero attached hydrogens (tertiary/aromatic N) is 3. The summed E-state index contributed by atoms with van der Waals surface area (Å²) in [5, 5.41) is 8.81. The monoisotopic (exact) mass is 273 g/mol. The number of fused-ring (bicyclic) bond motifs is 1. The Bertz CT molecular complexity index is 724. The minimum Gasteiger partial charge on any atom is -0.486 e. The molecule has 0 aliphatic rings. The second-order valence-electron chi connectivity index (χ2n) is 4.30. The van der Waals surface area contributed by atoms with Crippen LogP contribution in [0, 0.1) is 6.92 Å². The topological polar surface area (TPSA) is 39.4 Å². The molecule has 0 unspecified atom stereocenters. The Morgan fingerprint density at radius 2 is 2.11 bits per heavy atom. The number of pyridine rings is 1. The summed E-state index contributed by atoms with van der Waals surface area (Å²) in [5.41, 5.74) is 1.92. The maximum atomic E-state index is 5.97.